The fourth-order valence-corrected chi connectivity index (χ4v) is 3.39. The zero-order valence-corrected chi connectivity index (χ0v) is 13.0. The van der Waals surface area contributed by atoms with Crippen LogP contribution in [0.15, 0.2) is 18.2 Å². The molecule has 0 spiro atoms. The third-order valence-corrected chi connectivity index (χ3v) is 4.68. The highest BCUT2D eigenvalue weighted by Crippen LogP contribution is 2.33. The first-order valence-corrected chi connectivity index (χ1v) is 7.84. The van der Waals surface area contributed by atoms with E-state index in [9.17, 15) is 14.9 Å². The molecular formula is C15H18ClN3O3. The summed E-state index contributed by atoms with van der Waals surface area (Å²) in [6.45, 7) is 3.06. The number of rotatable bonds is 4. The topological polar surface area (TPSA) is 75.5 Å². The Labute approximate surface area is 133 Å². The smallest absolute Gasteiger partial charge is 0.287 e. The van der Waals surface area contributed by atoms with E-state index in [0.29, 0.717) is 17.6 Å². The van der Waals surface area contributed by atoms with Crippen molar-refractivity contribution >= 4 is 23.2 Å². The molecule has 1 amide bonds. The zero-order valence-electron chi connectivity index (χ0n) is 12.3. The molecule has 1 N–H and O–H groups in total. The number of nitrogens with one attached hydrogen (secondary N) is 1. The number of halogens is 1. The van der Waals surface area contributed by atoms with Gasteiger partial charge >= 0.3 is 0 Å². The molecule has 2 atom stereocenters. The van der Waals surface area contributed by atoms with Gasteiger partial charge in [0.25, 0.3) is 11.6 Å². The van der Waals surface area contributed by atoms with Gasteiger partial charge in [-0.2, -0.15) is 0 Å². The van der Waals surface area contributed by atoms with Gasteiger partial charge in [-0.1, -0.05) is 11.6 Å². The SMILES string of the molecule is C[C@H]1C[C@@H](NC(=O)c2ccc([N+](=O)[O-])c(Cl)c2)CN1C1CC1. The Morgan fingerprint density at radius 1 is 1.45 bits per heavy atom. The van der Waals surface area contributed by atoms with Crippen LogP contribution in [-0.2, 0) is 0 Å². The van der Waals surface area contributed by atoms with Crippen molar-refractivity contribution in [2.45, 2.75) is 44.3 Å². The van der Waals surface area contributed by atoms with Crippen LogP contribution in [0.5, 0.6) is 0 Å². The van der Waals surface area contributed by atoms with Crippen LogP contribution in [0.25, 0.3) is 0 Å². The number of hydrogen-bond acceptors (Lipinski definition) is 4. The molecule has 1 heterocycles. The van der Waals surface area contributed by atoms with E-state index in [1.54, 1.807) is 0 Å². The van der Waals surface area contributed by atoms with E-state index in [1.807, 2.05) is 0 Å². The summed E-state index contributed by atoms with van der Waals surface area (Å²) in [4.78, 5) is 24.9. The summed E-state index contributed by atoms with van der Waals surface area (Å²) in [7, 11) is 0. The fourth-order valence-electron chi connectivity index (χ4n) is 3.14. The number of carbonyl (C=O) groups is 1. The van der Waals surface area contributed by atoms with Crippen molar-refractivity contribution in [3.05, 3.63) is 38.9 Å². The Bertz CT molecular complexity index is 618. The number of likely N-dealkylation sites (tertiary alicyclic amines) is 1. The highest BCUT2D eigenvalue weighted by Gasteiger charge is 2.39. The minimum atomic E-state index is -0.559. The van der Waals surface area contributed by atoms with Gasteiger partial charge in [0.15, 0.2) is 0 Å². The number of carbonyl (C=O) groups excluding carboxylic acids is 1. The quantitative estimate of drug-likeness (QED) is 0.682. The minimum Gasteiger partial charge on any atom is -0.348 e. The standard InChI is InChI=1S/C15H18ClN3O3/c1-9-6-11(8-18(9)12-3-4-12)17-15(20)10-2-5-14(19(21)22)13(16)7-10/h2,5,7,9,11-12H,3-4,6,8H2,1H3,(H,17,20)/t9-,11+/m0/s1. The molecule has 1 aliphatic carbocycles. The Hall–Kier alpha value is -1.66. The molecule has 3 rings (SSSR count). The lowest BCUT2D eigenvalue weighted by atomic mass is 10.1. The maximum absolute atomic E-state index is 12.3. The van der Waals surface area contributed by atoms with Gasteiger partial charge in [-0.25, -0.2) is 0 Å². The maximum atomic E-state index is 12.3. The van der Waals surface area contributed by atoms with Crippen molar-refractivity contribution in [2.75, 3.05) is 6.54 Å². The summed E-state index contributed by atoms with van der Waals surface area (Å²) in [5.41, 5.74) is 0.167. The first kappa shape index (κ1) is 15.2. The van der Waals surface area contributed by atoms with Crippen molar-refractivity contribution in [3.63, 3.8) is 0 Å². The van der Waals surface area contributed by atoms with Gasteiger partial charge < -0.3 is 5.32 Å². The zero-order chi connectivity index (χ0) is 15.9. The lowest BCUT2D eigenvalue weighted by molar-refractivity contribution is -0.384. The number of amides is 1. The minimum absolute atomic E-state index is 0.0166. The number of benzene rings is 1. The van der Waals surface area contributed by atoms with Crippen molar-refractivity contribution in [1.29, 1.82) is 0 Å². The Morgan fingerprint density at radius 2 is 2.18 bits per heavy atom. The Morgan fingerprint density at radius 3 is 2.77 bits per heavy atom. The fraction of sp³-hybridized carbons (Fsp3) is 0.533. The third-order valence-electron chi connectivity index (χ3n) is 4.38. The van der Waals surface area contributed by atoms with Crippen molar-refractivity contribution in [2.24, 2.45) is 0 Å². The molecule has 7 heteroatoms. The molecule has 1 aliphatic heterocycles. The molecule has 6 nitrogen and oxygen atoms in total. The Balaban J connectivity index is 1.65. The molecule has 1 aromatic carbocycles. The first-order chi connectivity index (χ1) is 10.5. The average Bonchev–Trinajstić information content (AvgIpc) is 3.22. The van der Waals surface area contributed by atoms with Gasteiger partial charge in [-0.05, 0) is 38.3 Å². The molecule has 1 saturated carbocycles. The van der Waals surface area contributed by atoms with Crippen molar-refractivity contribution in [3.8, 4) is 0 Å². The Kier molecular flexibility index (Phi) is 4.06. The van der Waals surface area contributed by atoms with Gasteiger partial charge in [0.2, 0.25) is 0 Å². The summed E-state index contributed by atoms with van der Waals surface area (Å²) < 4.78 is 0. The largest absolute Gasteiger partial charge is 0.348 e. The summed E-state index contributed by atoms with van der Waals surface area (Å²) in [6.07, 6.45) is 3.44. The second-order valence-corrected chi connectivity index (χ2v) is 6.51. The van der Waals surface area contributed by atoms with Crippen LogP contribution in [0.3, 0.4) is 0 Å². The van der Waals surface area contributed by atoms with Crippen molar-refractivity contribution < 1.29 is 9.72 Å². The van der Waals surface area contributed by atoms with Crippen LogP contribution in [0.4, 0.5) is 5.69 Å². The van der Waals surface area contributed by atoms with E-state index in [1.165, 1.54) is 31.0 Å². The van der Waals surface area contributed by atoms with E-state index in [4.69, 9.17) is 11.6 Å². The molecule has 22 heavy (non-hydrogen) atoms. The van der Waals surface area contributed by atoms with E-state index in [2.05, 4.69) is 17.1 Å². The van der Waals surface area contributed by atoms with Crippen molar-refractivity contribution in [1.82, 2.24) is 10.2 Å². The molecule has 1 saturated heterocycles. The van der Waals surface area contributed by atoms with Crippen LogP contribution in [0, 0.1) is 10.1 Å². The number of hydrogen-bond donors (Lipinski definition) is 1. The first-order valence-electron chi connectivity index (χ1n) is 7.46. The highest BCUT2D eigenvalue weighted by molar-refractivity contribution is 6.33. The van der Waals surface area contributed by atoms with Crippen LogP contribution >= 0.6 is 11.6 Å². The summed E-state index contributed by atoms with van der Waals surface area (Å²) in [6, 6.07) is 5.36. The molecule has 118 valence electrons. The molecule has 0 radical (unpaired) electrons. The van der Waals surface area contributed by atoms with E-state index < -0.39 is 4.92 Å². The molecule has 0 bridgehead atoms. The predicted octanol–water partition coefficient (Wildman–Crippen LogP) is 2.60. The molecule has 1 aromatic rings. The number of nitro groups is 1. The maximum Gasteiger partial charge on any atom is 0.287 e. The normalized spacial score (nSPS) is 25.2. The number of nitrogens with zero attached hydrogens (tertiary/aromatic N) is 2. The summed E-state index contributed by atoms with van der Waals surface area (Å²) >= 11 is 5.85. The lowest BCUT2D eigenvalue weighted by Gasteiger charge is -2.19. The van der Waals surface area contributed by atoms with Gasteiger partial charge in [0.05, 0.1) is 4.92 Å². The van der Waals surface area contributed by atoms with Gasteiger partial charge in [0.1, 0.15) is 5.02 Å². The van der Waals surface area contributed by atoms with E-state index in [-0.39, 0.29) is 22.7 Å². The second-order valence-electron chi connectivity index (χ2n) is 6.11. The monoisotopic (exact) mass is 323 g/mol. The van der Waals surface area contributed by atoms with Crippen LogP contribution in [0.2, 0.25) is 5.02 Å². The van der Waals surface area contributed by atoms with E-state index >= 15 is 0 Å². The summed E-state index contributed by atoms with van der Waals surface area (Å²) in [5, 5.41) is 13.7. The third kappa shape index (κ3) is 3.08. The van der Waals surface area contributed by atoms with Crippen LogP contribution < -0.4 is 5.32 Å². The summed E-state index contributed by atoms with van der Waals surface area (Å²) in [5.74, 6) is -0.230. The predicted molar refractivity (Wildman–Crippen MR) is 83.2 cm³/mol. The molecule has 2 aliphatic rings. The molecule has 2 fully saturated rings. The van der Waals surface area contributed by atoms with Gasteiger partial charge in [-0.15, -0.1) is 0 Å². The van der Waals surface area contributed by atoms with E-state index in [0.717, 1.165) is 13.0 Å². The molecule has 0 aromatic heterocycles. The van der Waals surface area contributed by atoms with Crippen LogP contribution in [0.1, 0.15) is 36.5 Å². The second kappa shape index (κ2) is 5.85. The molecule has 0 unspecified atom stereocenters. The molecular weight excluding hydrogens is 306 g/mol. The lowest BCUT2D eigenvalue weighted by Crippen LogP contribution is -2.37. The average molecular weight is 324 g/mol. The van der Waals surface area contributed by atoms with Crippen LogP contribution in [-0.4, -0.2) is 40.4 Å². The van der Waals surface area contributed by atoms with Gasteiger partial charge in [0, 0.05) is 36.3 Å². The van der Waals surface area contributed by atoms with Gasteiger partial charge in [-0.3, -0.25) is 19.8 Å². The highest BCUT2D eigenvalue weighted by atomic mass is 35.5. The number of nitro benzene ring substituents is 1.